The average molecular weight is 391 g/mol. The first-order chi connectivity index (χ1) is 12.7. The molecule has 0 aliphatic carbocycles. The second-order valence-electron chi connectivity index (χ2n) is 6.57. The fraction of sp³-hybridized carbons (Fsp3) is 0.350. The highest BCUT2D eigenvalue weighted by Crippen LogP contribution is 2.23. The molecule has 0 aliphatic heterocycles. The lowest BCUT2D eigenvalue weighted by Gasteiger charge is -2.24. The maximum atomic E-state index is 12.3. The Balaban J connectivity index is 1.95. The Hall–Kier alpha value is -2.54. The summed E-state index contributed by atoms with van der Waals surface area (Å²) < 4.78 is 31.1. The first kappa shape index (κ1) is 20.8. The Labute approximate surface area is 161 Å². The summed E-state index contributed by atoms with van der Waals surface area (Å²) in [6.45, 7) is 6.00. The number of sulfonamides is 1. The van der Waals surface area contributed by atoms with Crippen LogP contribution in [-0.2, 0) is 14.8 Å². The molecule has 0 aliphatic rings. The summed E-state index contributed by atoms with van der Waals surface area (Å²) in [5, 5.41) is 2.70. The van der Waals surface area contributed by atoms with Crippen molar-refractivity contribution in [3.63, 3.8) is 0 Å². The SMILES string of the molecule is Cc1cccc(OCCNC(=O)CN(c2cc(C)ccc2C)S(C)(=O)=O)c1. The van der Waals surface area contributed by atoms with Gasteiger partial charge in [-0.2, -0.15) is 0 Å². The van der Waals surface area contributed by atoms with E-state index < -0.39 is 10.0 Å². The number of rotatable bonds is 8. The molecule has 0 heterocycles. The third-order valence-electron chi connectivity index (χ3n) is 4.00. The van der Waals surface area contributed by atoms with Crippen molar-refractivity contribution in [3.8, 4) is 5.75 Å². The second-order valence-corrected chi connectivity index (χ2v) is 8.48. The highest BCUT2D eigenvalue weighted by molar-refractivity contribution is 7.92. The van der Waals surface area contributed by atoms with Crippen LogP contribution in [0.4, 0.5) is 5.69 Å². The number of hydrogen-bond acceptors (Lipinski definition) is 4. The molecule has 146 valence electrons. The van der Waals surface area contributed by atoms with Crippen molar-refractivity contribution >= 4 is 21.6 Å². The van der Waals surface area contributed by atoms with E-state index in [1.54, 1.807) is 6.07 Å². The molecule has 2 aromatic carbocycles. The first-order valence-electron chi connectivity index (χ1n) is 8.68. The van der Waals surface area contributed by atoms with E-state index in [9.17, 15) is 13.2 Å². The van der Waals surface area contributed by atoms with Crippen LogP contribution < -0.4 is 14.4 Å². The van der Waals surface area contributed by atoms with Crippen LogP contribution in [-0.4, -0.2) is 40.3 Å². The molecule has 0 bridgehead atoms. The lowest BCUT2D eigenvalue weighted by atomic mass is 10.1. The molecule has 1 amide bonds. The highest BCUT2D eigenvalue weighted by Gasteiger charge is 2.22. The van der Waals surface area contributed by atoms with Gasteiger partial charge in [0.05, 0.1) is 18.5 Å². The number of nitrogens with one attached hydrogen (secondary N) is 1. The molecule has 6 nitrogen and oxygen atoms in total. The lowest BCUT2D eigenvalue weighted by Crippen LogP contribution is -2.41. The van der Waals surface area contributed by atoms with Crippen LogP contribution in [0.2, 0.25) is 0 Å². The average Bonchev–Trinajstić information content (AvgIpc) is 2.58. The predicted octanol–water partition coefficient (Wildman–Crippen LogP) is 2.57. The van der Waals surface area contributed by atoms with Crippen LogP contribution >= 0.6 is 0 Å². The van der Waals surface area contributed by atoms with Crippen molar-refractivity contribution in [2.24, 2.45) is 0 Å². The van der Waals surface area contributed by atoms with Crippen molar-refractivity contribution in [3.05, 3.63) is 59.2 Å². The van der Waals surface area contributed by atoms with Gasteiger partial charge in [-0.25, -0.2) is 8.42 Å². The number of hydrogen-bond donors (Lipinski definition) is 1. The topological polar surface area (TPSA) is 75.7 Å². The van der Waals surface area contributed by atoms with Crippen LogP contribution in [0.5, 0.6) is 5.75 Å². The number of ether oxygens (including phenoxy) is 1. The van der Waals surface area contributed by atoms with E-state index in [1.165, 1.54) is 0 Å². The van der Waals surface area contributed by atoms with Crippen molar-refractivity contribution in [2.75, 3.05) is 30.3 Å². The zero-order valence-corrected chi connectivity index (χ0v) is 17.0. The molecule has 0 saturated carbocycles. The summed E-state index contributed by atoms with van der Waals surface area (Å²) in [7, 11) is -3.59. The molecule has 0 saturated heterocycles. The number of anilines is 1. The van der Waals surface area contributed by atoms with Gasteiger partial charge in [-0.1, -0.05) is 24.3 Å². The fourth-order valence-electron chi connectivity index (χ4n) is 2.62. The Morgan fingerprint density at radius 2 is 1.78 bits per heavy atom. The molecule has 0 fully saturated rings. The van der Waals surface area contributed by atoms with Gasteiger partial charge in [0.2, 0.25) is 15.9 Å². The van der Waals surface area contributed by atoms with Gasteiger partial charge in [-0.05, 0) is 55.7 Å². The maximum absolute atomic E-state index is 12.3. The van der Waals surface area contributed by atoms with Gasteiger partial charge in [0.1, 0.15) is 18.9 Å². The van der Waals surface area contributed by atoms with Gasteiger partial charge in [0.15, 0.2) is 0 Å². The number of carbonyl (C=O) groups excluding carboxylic acids is 1. The molecule has 2 aromatic rings. The molecular weight excluding hydrogens is 364 g/mol. The number of amides is 1. The predicted molar refractivity (Wildman–Crippen MR) is 108 cm³/mol. The summed E-state index contributed by atoms with van der Waals surface area (Å²) in [5.74, 6) is 0.353. The quantitative estimate of drug-likeness (QED) is 0.703. The molecule has 2 rings (SSSR count). The molecule has 0 atom stereocenters. The smallest absolute Gasteiger partial charge is 0.240 e. The molecule has 0 aromatic heterocycles. The van der Waals surface area contributed by atoms with Crippen LogP contribution in [0, 0.1) is 20.8 Å². The van der Waals surface area contributed by atoms with Crippen molar-refractivity contribution in [2.45, 2.75) is 20.8 Å². The molecular formula is C20H26N2O4S. The van der Waals surface area contributed by atoms with Gasteiger partial charge < -0.3 is 10.1 Å². The summed E-state index contributed by atoms with van der Waals surface area (Å²) in [5.41, 5.74) is 3.33. The minimum atomic E-state index is -3.59. The van der Waals surface area contributed by atoms with E-state index >= 15 is 0 Å². The third kappa shape index (κ3) is 6.29. The summed E-state index contributed by atoms with van der Waals surface area (Å²) in [6, 6.07) is 13.1. The number of nitrogens with zero attached hydrogens (tertiary/aromatic N) is 1. The Morgan fingerprint density at radius 3 is 2.44 bits per heavy atom. The van der Waals surface area contributed by atoms with E-state index in [2.05, 4.69) is 5.32 Å². The maximum Gasteiger partial charge on any atom is 0.240 e. The van der Waals surface area contributed by atoms with E-state index in [-0.39, 0.29) is 19.0 Å². The van der Waals surface area contributed by atoms with E-state index in [0.717, 1.165) is 33.0 Å². The summed E-state index contributed by atoms with van der Waals surface area (Å²) in [6.07, 6.45) is 1.10. The molecule has 7 heteroatoms. The molecule has 0 spiro atoms. The molecule has 0 unspecified atom stereocenters. The van der Waals surface area contributed by atoms with Crippen LogP contribution in [0.25, 0.3) is 0 Å². The Morgan fingerprint density at radius 1 is 1.07 bits per heavy atom. The fourth-order valence-corrected chi connectivity index (χ4v) is 3.53. The van der Waals surface area contributed by atoms with Crippen LogP contribution in [0.3, 0.4) is 0 Å². The van der Waals surface area contributed by atoms with Gasteiger partial charge in [-0.3, -0.25) is 9.10 Å². The van der Waals surface area contributed by atoms with Crippen LogP contribution in [0.15, 0.2) is 42.5 Å². The van der Waals surface area contributed by atoms with Gasteiger partial charge in [0, 0.05) is 0 Å². The lowest BCUT2D eigenvalue weighted by molar-refractivity contribution is -0.119. The van der Waals surface area contributed by atoms with E-state index in [1.807, 2.05) is 57.2 Å². The molecule has 1 N–H and O–H groups in total. The summed E-state index contributed by atoms with van der Waals surface area (Å²) in [4.78, 5) is 12.3. The monoisotopic (exact) mass is 390 g/mol. The zero-order valence-electron chi connectivity index (χ0n) is 16.2. The zero-order chi connectivity index (χ0) is 20.0. The third-order valence-corrected chi connectivity index (χ3v) is 5.13. The Bertz CT molecular complexity index is 910. The minimum absolute atomic E-state index is 0.270. The Kier molecular flexibility index (Phi) is 6.85. The second kappa shape index (κ2) is 8.90. The van der Waals surface area contributed by atoms with Crippen LogP contribution in [0.1, 0.15) is 16.7 Å². The van der Waals surface area contributed by atoms with Gasteiger partial charge in [0.25, 0.3) is 0 Å². The highest BCUT2D eigenvalue weighted by atomic mass is 32.2. The number of carbonyl (C=O) groups is 1. The van der Waals surface area contributed by atoms with E-state index in [4.69, 9.17) is 4.74 Å². The largest absolute Gasteiger partial charge is 0.492 e. The first-order valence-corrected chi connectivity index (χ1v) is 10.5. The minimum Gasteiger partial charge on any atom is -0.492 e. The number of benzene rings is 2. The standard InChI is InChI=1S/C20H26N2O4S/c1-15-6-5-7-18(12-15)26-11-10-21-20(23)14-22(27(4,24)25)19-13-16(2)8-9-17(19)3/h5-9,12-13H,10-11,14H2,1-4H3,(H,21,23). The number of aryl methyl sites for hydroxylation is 3. The summed E-state index contributed by atoms with van der Waals surface area (Å²) >= 11 is 0. The van der Waals surface area contributed by atoms with Crippen molar-refractivity contribution in [1.29, 1.82) is 0 Å². The van der Waals surface area contributed by atoms with Gasteiger partial charge >= 0.3 is 0 Å². The van der Waals surface area contributed by atoms with E-state index in [0.29, 0.717) is 12.3 Å². The van der Waals surface area contributed by atoms with Crippen molar-refractivity contribution in [1.82, 2.24) is 5.32 Å². The molecule has 27 heavy (non-hydrogen) atoms. The molecule has 0 radical (unpaired) electrons. The van der Waals surface area contributed by atoms with Gasteiger partial charge in [-0.15, -0.1) is 0 Å². The normalized spacial score (nSPS) is 11.1. The van der Waals surface area contributed by atoms with Crippen molar-refractivity contribution < 1.29 is 17.9 Å².